The summed E-state index contributed by atoms with van der Waals surface area (Å²) in [5.74, 6) is 0.737. The van der Waals surface area contributed by atoms with E-state index >= 15 is 0 Å². The van der Waals surface area contributed by atoms with Crippen molar-refractivity contribution in [3.8, 4) is 0 Å². The van der Waals surface area contributed by atoms with E-state index in [2.05, 4.69) is 23.8 Å². The Balaban J connectivity index is 1.78. The Morgan fingerprint density at radius 2 is 1.94 bits per heavy atom. The van der Waals surface area contributed by atoms with Gasteiger partial charge < -0.3 is 41.1 Å². The zero-order valence-electron chi connectivity index (χ0n) is 16.2. The Kier molecular flexibility index (Phi) is 7.92. The van der Waals surface area contributed by atoms with Gasteiger partial charge in [0.2, 0.25) is 0 Å². The van der Waals surface area contributed by atoms with Crippen molar-refractivity contribution in [2.75, 3.05) is 24.6 Å². The number of nitrogens with two attached hydrogens (primary N) is 2. The van der Waals surface area contributed by atoms with E-state index in [1.54, 1.807) is 0 Å². The van der Waals surface area contributed by atoms with Crippen LogP contribution >= 0.6 is 27.4 Å². The van der Waals surface area contributed by atoms with Crippen molar-refractivity contribution >= 4 is 44.4 Å². The maximum absolute atomic E-state index is 11.6. The molecular weight excluding hydrogens is 494 g/mol. The predicted molar refractivity (Wildman–Crippen MR) is 109 cm³/mol. The van der Waals surface area contributed by atoms with Gasteiger partial charge in [0.15, 0.2) is 22.8 Å². The minimum absolute atomic E-state index is 0.0905. The van der Waals surface area contributed by atoms with Crippen LogP contribution in [-0.2, 0) is 22.7 Å². The molecule has 3 rings (SSSR count). The Morgan fingerprint density at radius 1 is 1.22 bits per heavy atom. The van der Waals surface area contributed by atoms with Gasteiger partial charge in [-0.3, -0.25) is 9.09 Å². The SMILES string of the molecule is NCCCSc1nc(N)c2ncn([C@@H]3O[C@H](COP(=O)(O)OP(=O)(O)O)[C@@H](O)[C@H]3O)c2n1. The number of hydrogen-bond donors (Lipinski definition) is 7. The number of phosphoric ester groups is 1. The fourth-order valence-corrected chi connectivity index (χ4v) is 5.24. The number of phosphoric acid groups is 2. The van der Waals surface area contributed by atoms with Crippen LogP contribution in [0.15, 0.2) is 11.5 Å². The molecule has 9 N–H and O–H groups in total. The zero-order chi connectivity index (χ0) is 23.7. The first-order chi connectivity index (χ1) is 14.9. The van der Waals surface area contributed by atoms with E-state index in [4.69, 9.17) is 26.0 Å². The number of nitrogen functional groups attached to an aromatic ring is 1. The number of fused-ring (bicyclic) bond motifs is 1. The molecule has 3 heterocycles. The van der Waals surface area contributed by atoms with Crippen molar-refractivity contribution in [3.05, 3.63) is 6.33 Å². The molecule has 16 nitrogen and oxygen atoms in total. The number of anilines is 1. The van der Waals surface area contributed by atoms with Crippen LogP contribution in [-0.4, -0.2) is 81.6 Å². The first-order valence-corrected chi connectivity index (χ1v) is 13.0. The van der Waals surface area contributed by atoms with Crippen LogP contribution in [0.3, 0.4) is 0 Å². The average molecular weight is 516 g/mol. The summed E-state index contributed by atoms with van der Waals surface area (Å²) in [6.45, 7) is -0.335. The topological polar surface area (TPSA) is 259 Å². The molecule has 0 saturated carbocycles. The van der Waals surface area contributed by atoms with Crippen molar-refractivity contribution < 1.29 is 47.6 Å². The van der Waals surface area contributed by atoms with E-state index in [0.29, 0.717) is 17.5 Å². The summed E-state index contributed by atoms with van der Waals surface area (Å²) in [5.41, 5.74) is 11.9. The van der Waals surface area contributed by atoms with Crippen LogP contribution in [0.4, 0.5) is 5.82 Å². The normalized spacial score (nSPS) is 25.9. The minimum atomic E-state index is -5.31. The van der Waals surface area contributed by atoms with Gasteiger partial charge in [-0.1, -0.05) is 11.8 Å². The highest BCUT2D eigenvalue weighted by atomic mass is 32.2. The van der Waals surface area contributed by atoms with Crippen molar-refractivity contribution in [2.24, 2.45) is 5.73 Å². The maximum atomic E-state index is 11.6. The summed E-state index contributed by atoms with van der Waals surface area (Å²) in [6, 6.07) is 0. The predicted octanol–water partition coefficient (Wildman–Crippen LogP) is -1.31. The van der Waals surface area contributed by atoms with E-state index in [0.717, 1.165) is 6.42 Å². The van der Waals surface area contributed by atoms with E-state index in [1.807, 2.05) is 0 Å². The summed E-state index contributed by atoms with van der Waals surface area (Å²) in [6.07, 6.45) is -3.73. The maximum Gasteiger partial charge on any atom is 0.481 e. The Hall–Kier alpha value is -1.20. The molecule has 5 atom stereocenters. The zero-order valence-corrected chi connectivity index (χ0v) is 18.8. The molecule has 32 heavy (non-hydrogen) atoms. The number of aliphatic hydroxyl groups excluding tert-OH is 2. The summed E-state index contributed by atoms with van der Waals surface area (Å²) in [7, 11) is -10.5. The number of ether oxygens (including phenoxy) is 1. The third-order valence-electron chi connectivity index (χ3n) is 4.23. The molecule has 180 valence electrons. The highest BCUT2D eigenvalue weighted by molar-refractivity contribution is 7.99. The lowest BCUT2D eigenvalue weighted by Gasteiger charge is -2.17. The molecule has 19 heteroatoms. The van der Waals surface area contributed by atoms with Gasteiger partial charge in [-0.05, 0) is 13.0 Å². The van der Waals surface area contributed by atoms with Crippen molar-refractivity contribution in [1.82, 2.24) is 19.5 Å². The van der Waals surface area contributed by atoms with Crippen LogP contribution in [0, 0.1) is 0 Å². The van der Waals surface area contributed by atoms with Gasteiger partial charge in [0.25, 0.3) is 0 Å². The molecule has 0 aromatic carbocycles. The van der Waals surface area contributed by atoms with Gasteiger partial charge in [-0.25, -0.2) is 24.1 Å². The van der Waals surface area contributed by atoms with Gasteiger partial charge in [0.05, 0.1) is 12.9 Å². The number of hydrogen-bond acceptors (Lipinski definition) is 13. The summed E-state index contributed by atoms with van der Waals surface area (Å²) >= 11 is 1.31. The van der Waals surface area contributed by atoms with Crippen LogP contribution in [0.2, 0.25) is 0 Å². The third kappa shape index (κ3) is 6.02. The fraction of sp³-hybridized carbons (Fsp3) is 0.615. The van der Waals surface area contributed by atoms with Crippen LogP contribution < -0.4 is 11.5 Å². The van der Waals surface area contributed by atoms with Gasteiger partial charge in [0.1, 0.15) is 23.8 Å². The first kappa shape index (κ1) is 25.4. The van der Waals surface area contributed by atoms with E-state index < -0.39 is 46.8 Å². The average Bonchev–Trinajstić information content (AvgIpc) is 3.21. The van der Waals surface area contributed by atoms with Crippen molar-refractivity contribution in [2.45, 2.75) is 36.1 Å². The molecule has 1 aliphatic rings. The standard InChI is InChI=1S/C13H22N6O10P2S/c14-2-1-3-32-13-17-10(15)7-11(18-13)19(5-16-7)12-9(21)8(20)6(28-12)4-27-31(25,26)29-30(22,23)24/h5-6,8-9,12,20-21H,1-4,14H2,(H,25,26)(H2,15,17,18)(H2,22,23,24)/t6-,8-,9-,12-/m1/s1. The highest BCUT2D eigenvalue weighted by Crippen LogP contribution is 2.57. The monoisotopic (exact) mass is 516 g/mol. The molecule has 0 radical (unpaired) electrons. The van der Waals surface area contributed by atoms with Gasteiger partial charge in [-0.2, -0.15) is 4.31 Å². The van der Waals surface area contributed by atoms with Crippen molar-refractivity contribution in [3.63, 3.8) is 0 Å². The van der Waals surface area contributed by atoms with E-state index in [1.165, 1.54) is 22.7 Å². The van der Waals surface area contributed by atoms with Crippen LogP contribution in [0.1, 0.15) is 12.6 Å². The number of thioether (sulfide) groups is 1. The quantitative estimate of drug-likeness (QED) is 0.0837. The molecule has 0 bridgehead atoms. The second kappa shape index (κ2) is 9.97. The fourth-order valence-electron chi connectivity index (χ4n) is 2.84. The van der Waals surface area contributed by atoms with Gasteiger partial charge in [0, 0.05) is 5.75 Å². The molecule has 1 unspecified atom stereocenters. The Morgan fingerprint density at radius 3 is 2.59 bits per heavy atom. The third-order valence-corrected chi connectivity index (χ3v) is 7.32. The Labute approximate surface area is 184 Å². The summed E-state index contributed by atoms with van der Waals surface area (Å²) in [4.78, 5) is 39.2. The number of aromatic nitrogens is 4. The molecule has 1 aliphatic heterocycles. The summed E-state index contributed by atoms with van der Waals surface area (Å²) in [5, 5.41) is 21.0. The number of rotatable bonds is 10. The van der Waals surface area contributed by atoms with Gasteiger partial charge in [-0.15, -0.1) is 0 Å². The van der Waals surface area contributed by atoms with E-state index in [-0.39, 0.29) is 17.0 Å². The number of nitrogens with zero attached hydrogens (tertiary/aromatic N) is 4. The number of imidazole rings is 1. The molecule has 1 fully saturated rings. The summed E-state index contributed by atoms with van der Waals surface area (Å²) < 4.78 is 37.3. The lowest BCUT2D eigenvalue weighted by Crippen LogP contribution is -2.33. The minimum Gasteiger partial charge on any atom is -0.387 e. The smallest absolute Gasteiger partial charge is 0.387 e. The van der Waals surface area contributed by atoms with Gasteiger partial charge >= 0.3 is 15.6 Å². The molecule has 0 spiro atoms. The molecule has 1 saturated heterocycles. The molecular formula is C13H22N6O10P2S. The number of aliphatic hydroxyl groups is 2. The lowest BCUT2D eigenvalue weighted by atomic mass is 10.1. The van der Waals surface area contributed by atoms with Crippen LogP contribution in [0.25, 0.3) is 11.2 Å². The first-order valence-electron chi connectivity index (χ1n) is 9.00. The van der Waals surface area contributed by atoms with E-state index in [9.17, 15) is 24.2 Å². The van der Waals surface area contributed by atoms with Crippen molar-refractivity contribution in [1.29, 1.82) is 0 Å². The van der Waals surface area contributed by atoms with Crippen LogP contribution in [0.5, 0.6) is 0 Å². The molecule has 2 aromatic rings. The molecule has 2 aromatic heterocycles. The molecule has 0 aliphatic carbocycles. The lowest BCUT2D eigenvalue weighted by molar-refractivity contribution is -0.0503. The second-order valence-electron chi connectivity index (χ2n) is 6.59. The second-order valence-corrected chi connectivity index (χ2v) is 10.5. The highest BCUT2D eigenvalue weighted by Gasteiger charge is 2.46. The molecule has 0 amide bonds. The Bertz CT molecular complexity index is 1050. The largest absolute Gasteiger partial charge is 0.481 e.